The van der Waals surface area contributed by atoms with Gasteiger partial charge in [-0.25, -0.2) is 0 Å². The van der Waals surface area contributed by atoms with Crippen LogP contribution in [0.4, 0.5) is 0 Å². The SMILES string of the molecule is COCNCCc1ccc(Br)cc1. The van der Waals surface area contributed by atoms with Crippen molar-refractivity contribution >= 4 is 15.9 Å². The molecule has 72 valence electrons. The van der Waals surface area contributed by atoms with Gasteiger partial charge in [0, 0.05) is 18.1 Å². The second-order valence-electron chi connectivity index (χ2n) is 2.81. The van der Waals surface area contributed by atoms with E-state index in [1.54, 1.807) is 7.11 Å². The normalized spacial score (nSPS) is 10.3. The lowest BCUT2D eigenvalue weighted by molar-refractivity contribution is 0.176. The average molecular weight is 244 g/mol. The maximum absolute atomic E-state index is 4.88. The first kappa shape index (κ1) is 10.7. The van der Waals surface area contributed by atoms with Gasteiger partial charge in [0.05, 0.1) is 6.73 Å². The Labute approximate surface area is 87.4 Å². The van der Waals surface area contributed by atoms with Crippen molar-refractivity contribution in [3.8, 4) is 0 Å². The molecule has 0 amide bonds. The third kappa shape index (κ3) is 4.41. The molecule has 0 saturated heterocycles. The van der Waals surface area contributed by atoms with Gasteiger partial charge in [0.1, 0.15) is 0 Å². The minimum atomic E-state index is 0.622. The van der Waals surface area contributed by atoms with Gasteiger partial charge in [-0.3, -0.25) is 5.32 Å². The average Bonchev–Trinajstić information content (AvgIpc) is 2.15. The maximum atomic E-state index is 4.88. The van der Waals surface area contributed by atoms with E-state index in [4.69, 9.17) is 4.74 Å². The molecule has 1 rings (SSSR count). The molecule has 0 spiro atoms. The van der Waals surface area contributed by atoms with Crippen LogP contribution in [0.2, 0.25) is 0 Å². The summed E-state index contributed by atoms with van der Waals surface area (Å²) in [5, 5.41) is 3.16. The van der Waals surface area contributed by atoms with E-state index in [1.165, 1.54) is 5.56 Å². The van der Waals surface area contributed by atoms with Crippen molar-refractivity contribution in [2.24, 2.45) is 0 Å². The number of ether oxygens (including phenoxy) is 1. The van der Waals surface area contributed by atoms with Gasteiger partial charge in [-0.05, 0) is 24.1 Å². The van der Waals surface area contributed by atoms with Crippen LogP contribution in [0.5, 0.6) is 0 Å². The van der Waals surface area contributed by atoms with Crippen LogP contribution in [0.1, 0.15) is 5.56 Å². The van der Waals surface area contributed by atoms with Gasteiger partial charge in [0.2, 0.25) is 0 Å². The molecule has 0 heterocycles. The predicted molar refractivity (Wildman–Crippen MR) is 57.7 cm³/mol. The fraction of sp³-hybridized carbons (Fsp3) is 0.400. The molecular weight excluding hydrogens is 230 g/mol. The van der Waals surface area contributed by atoms with E-state index in [-0.39, 0.29) is 0 Å². The van der Waals surface area contributed by atoms with Gasteiger partial charge in [-0.15, -0.1) is 0 Å². The summed E-state index contributed by atoms with van der Waals surface area (Å²) in [4.78, 5) is 0. The molecular formula is C10H14BrNO. The van der Waals surface area contributed by atoms with E-state index in [1.807, 2.05) is 0 Å². The van der Waals surface area contributed by atoms with E-state index in [2.05, 4.69) is 45.5 Å². The Morgan fingerprint density at radius 2 is 2.00 bits per heavy atom. The second-order valence-corrected chi connectivity index (χ2v) is 3.73. The first-order valence-corrected chi connectivity index (χ1v) is 5.06. The zero-order valence-corrected chi connectivity index (χ0v) is 9.30. The van der Waals surface area contributed by atoms with Gasteiger partial charge in [-0.2, -0.15) is 0 Å². The van der Waals surface area contributed by atoms with Crippen LogP contribution in [-0.2, 0) is 11.2 Å². The molecule has 1 aromatic carbocycles. The zero-order valence-electron chi connectivity index (χ0n) is 7.72. The Balaban J connectivity index is 2.25. The molecule has 2 nitrogen and oxygen atoms in total. The fourth-order valence-electron chi connectivity index (χ4n) is 1.06. The highest BCUT2D eigenvalue weighted by Gasteiger charge is 1.92. The highest BCUT2D eigenvalue weighted by atomic mass is 79.9. The quantitative estimate of drug-likeness (QED) is 0.633. The minimum Gasteiger partial charge on any atom is -0.370 e. The summed E-state index contributed by atoms with van der Waals surface area (Å²) in [5.41, 5.74) is 1.34. The molecule has 0 aliphatic heterocycles. The summed E-state index contributed by atoms with van der Waals surface area (Å²) in [6, 6.07) is 8.37. The molecule has 0 atom stereocenters. The molecule has 13 heavy (non-hydrogen) atoms. The van der Waals surface area contributed by atoms with Gasteiger partial charge in [0.25, 0.3) is 0 Å². The van der Waals surface area contributed by atoms with E-state index in [0.29, 0.717) is 6.73 Å². The zero-order chi connectivity index (χ0) is 9.52. The number of halogens is 1. The number of nitrogens with one attached hydrogen (secondary N) is 1. The van der Waals surface area contributed by atoms with Crippen molar-refractivity contribution < 1.29 is 4.74 Å². The maximum Gasteiger partial charge on any atom is 0.0961 e. The molecule has 0 radical (unpaired) electrons. The van der Waals surface area contributed by atoms with Crippen LogP contribution in [0, 0.1) is 0 Å². The van der Waals surface area contributed by atoms with Gasteiger partial charge >= 0.3 is 0 Å². The standard InChI is InChI=1S/C10H14BrNO/c1-13-8-12-7-6-9-2-4-10(11)5-3-9/h2-5,12H,6-8H2,1H3. The first-order valence-electron chi connectivity index (χ1n) is 4.27. The number of methoxy groups -OCH3 is 1. The van der Waals surface area contributed by atoms with E-state index < -0.39 is 0 Å². The topological polar surface area (TPSA) is 21.3 Å². The van der Waals surface area contributed by atoms with Crippen molar-refractivity contribution in [3.05, 3.63) is 34.3 Å². The molecule has 0 aromatic heterocycles. The van der Waals surface area contributed by atoms with Gasteiger partial charge < -0.3 is 4.74 Å². The van der Waals surface area contributed by atoms with Crippen molar-refractivity contribution in [2.45, 2.75) is 6.42 Å². The van der Waals surface area contributed by atoms with Crippen LogP contribution >= 0.6 is 15.9 Å². The monoisotopic (exact) mass is 243 g/mol. The molecule has 0 bridgehead atoms. The van der Waals surface area contributed by atoms with Crippen molar-refractivity contribution in [2.75, 3.05) is 20.4 Å². The van der Waals surface area contributed by atoms with E-state index in [9.17, 15) is 0 Å². The van der Waals surface area contributed by atoms with Gasteiger partial charge in [0.15, 0.2) is 0 Å². The van der Waals surface area contributed by atoms with Crippen molar-refractivity contribution in [3.63, 3.8) is 0 Å². The molecule has 0 fully saturated rings. The Hall–Kier alpha value is -0.380. The summed E-state index contributed by atoms with van der Waals surface area (Å²) in [7, 11) is 1.69. The summed E-state index contributed by atoms with van der Waals surface area (Å²) in [6.45, 7) is 1.58. The fourth-order valence-corrected chi connectivity index (χ4v) is 1.32. The van der Waals surface area contributed by atoms with Gasteiger partial charge in [-0.1, -0.05) is 28.1 Å². The molecule has 0 saturated carbocycles. The van der Waals surface area contributed by atoms with Crippen LogP contribution in [0.3, 0.4) is 0 Å². The summed E-state index contributed by atoms with van der Waals surface area (Å²) >= 11 is 3.40. The summed E-state index contributed by atoms with van der Waals surface area (Å²) < 4.78 is 6.01. The Morgan fingerprint density at radius 3 is 2.62 bits per heavy atom. The second kappa shape index (κ2) is 6.13. The Morgan fingerprint density at radius 1 is 1.31 bits per heavy atom. The molecule has 0 aliphatic rings. The number of hydrogen-bond acceptors (Lipinski definition) is 2. The lowest BCUT2D eigenvalue weighted by Crippen LogP contribution is -2.19. The Kier molecular flexibility index (Phi) is 5.05. The van der Waals surface area contributed by atoms with Crippen LogP contribution in [-0.4, -0.2) is 20.4 Å². The third-order valence-corrected chi connectivity index (χ3v) is 2.28. The minimum absolute atomic E-state index is 0.622. The number of benzene rings is 1. The largest absolute Gasteiger partial charge is 0.370 e. The van der Waals surface area contributed by atoms with Crippen LogP contribution < -0.4 is 5.32 Å². The highest BCUT2D eigenvalue weighted by Crippen LogP contribution is 2.10. The van der Waals surface area contributed by atoms with Crippen molar-refractivity contribution in [1.29, 1.82) is 0 Å². The summed E-state index contributed by atoms with van der Waals surface area (Å²) in [6.07, 6.45) is 1.04. The van der Waals surface area contributed by atoms with E-state index in [0.717, 1.165) is 17.4 Å². The lowest BCUT2D eigenvalue weighted by atomic mass is 10.1. The first-order chi connectivity index (χ1) is 6.33. The van der Waals surface area contributed by atoms with Crippen LogP contribution in [0.25, 0.3) is 0 Å². The van der Waals surface area contributed by atoms with Crippen LogP contribution in [0.15, 0.2) is 28.7 Å². The smallest absolute Gasteiger partial charge is 0.0961 e. The summed E-state index contributed by atoms with van der Waals surface area (Å²) in [5.74, 6) is 0. The van der Waals surface area contributed by atoms with Crippen molar-refractivity contribution in [1.82, 2.24) is 5.32 Å². The molecule has 3 heteroatoms. The molecule has 0 aliphatic carbocycles. The highest BCUT2D eigenvalue weighted by molar-refractivity contribution is 9.10. The third-order valence-electron chi connectivity index (χ3n) is 1.75. The Bertz CT molecular complexity index is 235. The number of hydrogen-bond donors (Lipinski definition) is 1. The molecule has 1 aromatic rings. The lowest BCUT2D eigenvalue weighted by Gasteiger charge is -2.03. The molecule has 1 N–H and O–H groups in total. The molecule has 0 unspecified atom stereocenters. The van der Waals surface area contributed by atoms with E-state index >= 15 is 0 Å². The number of rotatable bonds is 5. The predicted octanol–water partition coefficient (Wildman–Crippen LogP) is 2.19.